The number of hydrogen-bond donors (Lipinski definition) is 3. The fraction of sp³-hybridized carbons (Fsp3) is 0.250. The molecule has 3 rings (SSSR count). The van der Waals surface area contributed by atoms with E-state index in [4.69, 9.17) is 9.15 Å². The maximum Gasteiger partial charge on any atom is 0.291 e. The zero-order valence-corrected chi connectivity index (χ0v) is 18.0. The first-order valence-corrected chi connectivity index (χ1v) is 10.1. The molecule has 0 fully saturated rings. The van der Waals surface area contributed by atoms with E-state index in [1.807, 2.05) is 62.4 Å². The molecule has 7 nitrogen and oxygen atoms in total. The molecule has 0 saturated carbocycles. The van der Waals surface area contributed by atoms with Gasteiger partial charge >= 0.3 is 0 Å². The highest BCUT2D eigenvalue weighted by Crippen LogP contribution is 2.14. The van der Waals surface area contributed by atoms with Crippen molar-refractivity contribution >= 4 is 17.6 Å². The summed E-state index contributed by atoms with van der Waals surface area (Å²) in [7, 11) is 1.73. The Morgan fingerprint density at radius 3 is 2.58 bits per heavy atom. The van der Waals surface area contributed by atoms with E-state index in [9.17, 15) is 4.79 Å². The van der Waals surface area contributed by atoms with Gasteiger partial charge in [0.15, 0.2) is 11.7 Å². The van der Waals surface area contributed by atoms with Gasteiger partial charge in [-0.2, -0.15) is 0 Å². The number of aryl methyl sites for hydroxylation is 1. The summed E-state index contributed by atoms with van der Waals surface area (Å²) in [5.41, 5.74) is 2.93. The lowest BCUT2D eigenvalue weighted by Crippen LogP contribution is -2.41. The van der Waals surface area contributed by atoms with Crippen molar-refractivity contribution in [1.29, 1.82) is 0 Å². The van der Waals surface area contributed by atoms with E-state index in [-0.39, 0.29) is 17.8 Å². The summed E-state index contributed by atoms with van der Waals surface area (Å²) in [5, 5.41) is 9.35. The first-order valence-electron chi connectivity index (χ1n) is 10.1. The van der Waals surface area contributed by atoms with Crippen LogP contribution in [0.2, 0.25) is 0 Å². The van der Waals surface area contributed by atoms with Gasteiger partial charge in [-0.1, -0.05) is 24.3 Å². The second-order valence-corrected chi connectivity index (χ2v) is 7.18. The van der Waals surface area contributed by atoms with Crippen LogP contribution < -0.4 is 20.7 Å². The van der Waals surface area contributed by atoms with Crippen molar-refractivity contribution in [2.45, 2.75) is 26.5 Å². The number of nitrogens with zero attached hydrogens (tertiary/aromatic N) is 1. The predicted molar refractivity (Wildman–Crippen MR) is 123 cm³/mol. The van der Waals surface area contributed by atoms with Crippen LogP contribution in [0.15, 0.2) is 76.3 Å². The minimum absolute atomic E-state index is 0.0163. The Bertz CT molecular complexity index is 998. The highest BCUT2D eigenvalue weighted by molar-refractivity contribution is 6.02. The molecule has 0 aliphatic heterocycles. The average Bonchev–Trinajstić information content (AvgIpc) is 3.30. The van der Waals surface area contributed by atoms with Gasteiger partial charge in [0.1, 0.15) is 11.9 Å². The fourth-order valence-electron chi connectivity index (χ4n) is 2.92. The van der Waals surface area contributed by atoms with Crippen LogP contribution in [0.4, 0.5) is 5.69 Å². The zero-order valence-electron chi connectivity index (χ0n) is 18.0. The summed E-state index contributed by atoms with van der Waals surface area (Å²) in [6, 6.07) is 18.9. The number of carbonyl (C=O) groups is 1. The maximum atomic E-state index is 12.0. The van der Waals surface area contributed by atoms with Crippen molar-refractivity contribution in [3.8, 4) is 5.75 Å². The van der Waals surface area contributed by atoms with Crippen LogP contribution in [0, 0.1) is 6.92 Å². The largest absolute Gasteiger partial charge is 0.489 e. The number of anilines is 1. The lowest BCUT2D eigenvalue weighted by molar-refractivity contribution is 0.0996. The van der Waals surface area contributed by atoms with E-state index in [0.29, 0.717) is 24.7 Å². The number of aliphatic imine (C=N–C) groups is 1. The molecule has 3 aromatic rings. The first kappa shape index (κ1) is 22.0. The van der Waals surface area contributed by atoms with Gasteiger partial charge in [0.05, 0.1) is 12.8 Å². The number of amides is 1. The van der Waals surface area contributed by atoms with Crippen molar-refractivity contribution in [1.82, 2.24) is 10.6 Å². The molecule has 0 radical (unpaired) electrons. The highest BCUT2D eigenvalue weighted by atomic mass is 16.5. The van der Waals surface area contributed by atoms with Gasteiger partial charge in [-0.05, 0) is 61.4 Å². The monoisotopic (exact) mass is 420 g/mol. The van der Waals surface area contributed by atoms with Crippen molar-refractivity contribution < 1.29 is 13.9 Å². The smallest absolute Gasteiger partial charge is 0.291 e. The first-order chi connectivity index (χ1) is 15.0. The third-order valence-corrected chi connectivity index (χ3v) is 4.52. The molecule has 1 heterocycles. The minimum atomic E-state index is -0.275. The van der Waals surface area contributed by atoms with E-state index in [2.05, 4.69) is 20.9 Å². The summed E-state index contributed by atoms with van der Waals surface area (Å²) >= 11 is 0. The Morgan fingerprint density at radius 2 is 1.90 bits per heavy atom. The lowest BCUT2D eigenvalue weighted by Gasteiger charge is -2.18. The Balaban J connectivity index is 1.43. The van der Waals surface area contributed by atoms with E-state index in [0.717, 1.165) is 11.3 Å². The van der Waals surface area contributed by atoms with Gasteiger partial charge in [0, 0.05) is 19.3 Å². The molecule has 0 aliphatic rings. The van der Waals surface area contributed by atoms with E-state index < -0.39 is 0 Å². The van der Waals surface area contributed by atoms with E-state index in [1.165, 1.54) is 11.8 Å². The Hall–Kier alpha value is -3.74. The van der Waals surface area contributed by atoms with Crippen LogP contribution >= 0.6 is 0 Å². The van der Waals surface area contributed by atoms with Crippen LogP contribution in [0.5, 0.6) is 5.75 Å². The molecular weight excluding hydrogens is 392 g/mol. The standard InChI is InChI=1S/C24H28N4O3/c1-17-6-4-7-21(14-17)31-18(2)15-26-24(25-3)27-16-19-9-11-20(12-10-19)28-23(29)22-8-5-13-30-22/h4-14,18H,15-16H2,1-3H3,(H,28,29)(H2,25,26,27). The van der Waals surface area contributed by atoms with Crippen LogP contribution in [-0.2, 0) is 6.54 Å². The predicted octanol–water partition coefficient (Wildman–Crippen LogP) is 3.97. The maximum absolute atomic E-state index is 12.0. The normalized spacial score (nSPS) is 12.2. The van der Waals surface area contributed by atoms with Crippen molar-refractivity contribution in [3.05, 3.63) is 83.8 Å². The Kier molecular flexibility index (Phi) is 7.70. The zero-order chi connectivity index (χ0) is 22.1. The summed E-state index contributed by atoms with van der Waals surface area (Å²) in [6.07, 6.45) is 1.46. The topological polar surface area (TPSA) is 87.9 Å². The number of rotatable bonds is 8. The van der Waals surface area contributed by atoms with Crippen molar-refractivity contribution in [2.24, 2.45) is 4.99 Å². The second-order valence-electron chi connectivity index (χ2n) is 7.18. The number of benzene rings is 2. The highest BCUT2D eigenvalue weighted by Gasteiger charge is 2.09. The molecule has 0 spiro atoms. The van der Waals surface area contributed by atoms with E-state index in [1.54, 1.807) is 19.2 Å². The molecule has 0 saturated heterocycles. The van der Waals surface area contributed by atoms with Crippen LogP contribution in [0.1, 0.15) is 28.6 Å². The van der Waals surface area contributed by atoms with Gasteiger partial charge in [0.25, 0.3) is 5.91 Å². The molecular formula is C24H28N4O3. The number of furan rings is 1. The van der Waals surface area contributed by atoms with Crippen molar-refractivity contribution in [2.75, 3.05) is 18.9 Å². The summed E-state index contributed by atoms with van der Waals surface area (Å²) in [5.74, 6) is 1.55. The van der Waals surface area contributed by atoms with Gasteiger partial charge < -0.3 is 25.1 Å². The Morgan fingerprint density at radius 1 is 1.10 bits per heavy atom. The molecule has 0 bridgehead atoms. The number of hydrogen-bond acceptors (Lipinski definition) is 4. The molecule has 0 aliphatic carbocycles. The summed E-state index contributed by atoms with van der Waals surface area (Å²) < 4.78 is 11.0. The fourth-order valence-corrected chi connectivity index (χ4v) is 2.92. The molecule has 1 unspecified atom stereocenters. The number of guanidine groups is 1. The lowest BCUT2D eigenvalue weighted by atomic mass is 10.2. The molecule has 31 heavy (non-hydrogen) atoms. The molecule has 162 valence electrons. The van der Waals surface area contributed by atoms with Crippen molar-refractivity contribution in [3.63, 3.8) is 0 Å². The molecule has 7 heteroatoms. The third-order valence-electron chi connectivity index (χ3n) is 4.52. The number of carbonyl (C=O) groups excluding carboxylic acids is 1. The van der Waals surface area contributed by atoms with Gasteiger partial charge in [0.2, 0.25) is 0 Å². The van der Waals surface area contributed by atoms with Gasteiger partial charge in [-0.15, -0.1) is 0 Å². The molecule has 1 aromatic heterocycles. The van der Waals surface area contributed by atoms with Crippen LogP contribution in [-0.4, -0.2) is 31.6 Å². The molecule has 3 N–H and O–H groups in total. The number of nitrogens with one attached hydrogen (secondary N) is 3. The SMILES string of the molecule is CN=C(NCc1ccc(NC(=O)c2ccco2)cc1)NCC(C)Oc1cccc(C)c1. The minimum Gasteiger partial charge on any atom is -0.489 e. The Labute approximate surface area is 182 Å². The quantitative estimate of drug-likeness (QED) is 0.379. The summed E-state index contributed by atoms with van der Waals surface area (Å²) in [6.45, 7) is 5.27. The van der Waals surface area contributed by atoms with Crippen LogP contribution in [0.25, 0.3) is 0 Å². The van der Waals surface area contributed by atoms with Gasteiger partial charge in [-0.3, -0.25) is 9.79 Å². The van der Waals surface area contributed by atoms with E-state index >= 15 is 0 Å². The second kappa shape index (κ2) is 10.9. The summed E-state index contributed by atoms with van der Waals surface area (Å²) in [4.78, 5) is 16.3. The number of ether oxygens (including phenoxy) is 1. The molecule has 1 atom stereocenters. The molecule has 2 aromatic carbocycles. The molecule has 1 amide bonds. The van der Waals surface area contributed by atoms with Crippen LogP contribution in [0.3, 0.4) is 0 Å². The third kappa shape index (κ3) is 6.92. The van der Waals surface area contributed by atoms with Gasteiger partial charge in [-0.25, -0.2) is 0 Å². The average molecular weight is 421 g/mol.